The monoisotopic (exact) mass is 219 g/mol. The van der Waals surface area contributed by atoms with E-state index < -0.39 is 8.07 Å². The van der Waals surface area contributed by atoms with Gasteiger partial charge in [-0.2, -0.15) is 0 Å². The number of rotatable bonds is 2. The summed E-state index contributed by atoms with van der Waals surface area (Å²) >= 11 is 0. The molecule has 80 valence electrons. The molecule has 0 amide bonds. The Morgan fingerprint density at radius 1 is 1.20 bits per heavy atom. The molecular formula is C12H17NOSi. The third kappa shape index (κ3) is 5.14. The highest BCUT2D eigenvalue weighted by atomic mass is 28.3. The van der Waals surface area contributed by atoms with Gasteiger partial charge in [0.25, 0.3) is 0 Å². The average Bonchev–Trinajstić information content (AvgIpc) is 2.14. The molecule has 0 aliphatic heterocycles. The van der Waals surface area contributed by atoms with Crippen LogP contribution in [-0.4, -0.2) is 19.7 Å². The van der Waals surface area contributed by atoms with E-state index in [0.717, 1.165) is 5.69 Å². The molecule has 0 saturated heterocycles. The van der Waals surface area contributed by atoms with Gasteiger partial charge in [0.2, 0.25) is 0 Å². The molecule has 2 nitrogen and oxygen atoms in total. The van der Waals surface area contributed by atoms with Crippen LogP contribution in [0.1, 0.15) is 0 Å². The summed E-state index contributed by atoms with van der Waals surface area (Å²) in [7, 11) is -1.25. The molecule has 0 radical (unpaired) electrons. The van der Waals surface area contributed by atoms with Gasteiger partial charge in [0.05, 0.1) is 6.54 Å². The maximum atomic E-state index is 9.08. The van der Waals surface area contributed by atoms with Gasteiger partial charge in [-0.05, 0) is 24.3 Å². The molecule has 0 atom stereocenters. The Balaban J connectivity index is 2.44. The third-order valence-electron chi connectivity index (χ3n) is 1.71. The number of phenols is 1. The minimum atomic E-state index is -1.25. The van der Waals surface area contributed by atoms with Crippen molar-refractivity contribution in [2.75, 3.05) is 11.9 Å². The molecule has 0 aliphatic carbocycles. The molecule has 0 heterocycles. The zero-order valence-electron chi connectivity index (χ0n) is 9.46. The fourth-order valence-electron chi connectivity index (χ4n) is 1.03. The van der Waals surface area contributed by atoms with Crippen LogP contribution in [0, 0.1) is 11.5 Å². The quantitative estimate of drug-likeness (QED) is 0.455. The van der Waals surface area contributed by atoms with Gasteiger partial charge < -0.3 is 10.4 Å². The Labute approximate surface area is 92.3 Å². The summed E-state index contributed by atoms with van der Waals surface area (Å²) in [5, 5.41) is 12.3. The Morgan fingerprint density at radius 3 is 2.33 bits per heavy atom. The van der Waals surface area contributed by atoms with E-state index in [1.165, 1.54) is 0 Å². The second-order valence-electron chi connectivity index (χ2n) is 4.45. The Bertz CT molecular complexity index is 367. The largest absolute Gasteiger partial charge is 0.508 e. The van der Waals surface area contributed by atoms with Gasteiger partial charge >= 0.3 is 0 Å². The van der Waals surface area contributed by atoms with E-state index in [0.29, 0.717) is 6.54 Å². The van der Waals surface area contributed by atoms with Crippen LogP contribution in [0.4, 0.5) is 5.69 Å². The van der Waals surface area contributed by atoms with Gasteiger partial charge in [-0.1, -0.05) is 25.6 Å². The standard InChI is InChI=1S/C12H17NOSi/c1-15(2,3)10-4-9-13-11-5-7-12(14)8-6-11/h5-8,13-14H,9H2,1-3H3. The molecule has 1 aromatic carbocycles. The fourth-order valence-corrected chi connectivity index (χ4v) is 1.65. The molecule has 0 unspecified atom stereocenters. The van der Waals surface area contributed by atoms with Crippen LogP contribution >= 0.6 is 0 Å². The number of nitrogens with one attached hydrogen (secondary N) is 1. The molecule has 2 N–H and O–H groups in total. The Kier molecular flexibility index (Phi) is 3.81. The lowest BCUT2D eigenvalue weighted by Gasteiger charge is -2.04. The van der Waals surface area contributed by atoms with Crippen molar-refractivity contribution >= 4 is 13.8 Å². The predicted molar refractivity (Wildman–Crippen MR) is 67.7 cm³/mol. The topological polar surface area (TPSA) is 32.3 Å². The lowest BCUT2D eigenvalue weighted by atomic mass is 10.3. The molecule has 0 aliphatic rings. The van der Waals surface area contributed by atoms with E-state index in [9.17, 15) is 0 Å². The minimum absolute atomic E-state index is 0.286. The van der Waals surface area contributed by atoms with Crippen molar-refractivity contribution in [2.24, 2.45) is 0 Å². The van der Waals surface area contributed by atoms with E-state index in [2.05, 4.69) is 36.4 Å². The first-order valence-corrected chi connectivity index (χ1v) is 8.50. The van der Waals surface area contributed by atoms with E-state index in [1.807, 2.05) is 12.1 Å². The summed E-state index contributed by atoms with van der Waals surface area (Å²) in [5.41, 5.74) is 4.26. The average molecular weight is 219 g/mol. The highest BCUT2D eigenvalue weighted by Crippen LogP contribution is 2.12. The van der Waals surface area contributed by atoms with Crippen LogP contribution in [0.15, 0.2) is 24.3 Å². The molecule has 15 heavy (non-hydrogen) atoms. The molecule has 1 rings (SSSR count). The zero-order chi connectivity index (χ0) is 11.3. The van der Waals surface area contributed by atoms with Crippen molar-refractivity contribution in [1.29, 1.82) is 0 Å². The summed E-state index contributed by atoms with van der Waals surface area (Å²) in [4.78, 5) is 0. The number of phenolic OH excluding ortho intramolecular Hbond substituents is 1. The van der Waals surface area contributed by atoms with Gasteiger partial charge in [-0.3, -0.25) is 0 Å². The molecule has 0 saturated carbocycles. The zero-order valence-corrected chi connectivity index (χ0v) is 10.5. The normalized spacial score (nSPS) is 10.3. The first-order valence-electron chi connectivity index (χ1n) is 5.00. The van der Waals surface area contributed by atoms with Gasteiger partial charge in [0.1, 0.15) is 13.8 Å². The highest BCUT2D eigenvalue weighted by Gasteiger charge is 2.06. The molecule has 1 aromatic rings. The Hall–Kier alpha value is -1.40. The summed E-state index contributed by atoms with van der Waals surface area (Å²) in [6.45, 7) is 7.33. The fraction of sp³-hybridized carbons (Fsp3) is 0.333. The number of hydrogen-bond acceptors (Lipinski definition) is 2. The second kappa shape index (κ2) is 4.90. The van der Waals surface area contributed by atoms with Crippen molar-refractivity contribution in [1.82, 2.24) is 0 Å². The number of aromatic hydroxyl groups is 1. The summed E-state index contributed by atoms with van der Waals surface area (Å²) in [5.74, 6) is 3.41. The smallest absolute Gasteiger partial charge is 0.129 e. The number of anilines is 1. The van der Waals surface area contributed by atoms with Gasteiger partial charge in [-0.15, -0.1) is 5.54 Å². The predicted octanol–water partition coefficient (Wildman–Crippen LogP) is 2.68. The van der Waals surface area contributed by atoms with Gasteiger partial charge in [-0.25, -0.2) is 0 Å². The lowest BCUT2D eigenvalue weighted by Crippen LogP contribution is -2.17. The van der Waals surface area contributed by atoms with E-state index in [4.69, 9.17) is 5.11 Å². The molecule has 0 spiro atoms. The second-order valence-corrected chi connectivity index (χ2v) is 9.20. The lowest BCUT2D eigenvalue weighted by molar-refractivity contribution is 0.475. The molecule has 3 heteroatoms. The van der Waals surface area contributed by atoms with Crippen molar-refractivity contribution < 1.29 is 5.11 Å². The minimum Gasteiger partial charge on any atom is -0.508 e. The van der Waals surface area contributed by atoms with Gasteiger partial charge in [0, 0.05) is 5.69 Å². The Morgan fingerprint density at radius 2 is 1.80 bits per heavy atom. The van der Waals surface area contributed by atoms with Crippen LogP contribution < -0.4 is 5.32 Å². The molecule has 0 aromatic heterocycles. The van der Waals surface area contributed by atoms with Crippen LogP contribution in [0.25, 0.3) is 0 Å². The summed E-state index contributed by atoms with van der Waals surface area (Å²) in [6, 6.07) is 7.00. The SMILES string of the molecule is C[Si](C)(C)C#CCNc1ccc(O)cc1. The maximum Gasteiger partial charge on any atom is 0.129 e. The van der Waals surface area contributed by atoms with Crippen molar-refractivity contribution in [3.8, 4) is 17.2 Å². The highest BCUT2D eigenvalue weighted by molar-refractivity contribution is 6.83. The first kappa shape index (κ1) is 11.7. The van der Waals surface area contributed by atoms with Crippen LogP contribution in [0.2, 0.25) is 19.6 Å². The molecule has 0 fully saturated rings. The maximum absolute atomic E-state index is 9.08. The van der Waals surface area contributed by atoms with Crippen LogP contribution in [-0.2, 0) is 0 Å². The van der Waals surface area contributed by atoms with E-state index in [1.54, 1.807) is 12.1 Å². The van der Waals surface area contributed by atoms with Crippen molar-refractivity contribution in [2.45, 2.75) is 19.6 Å². The summed E-state index contributed by atoms with van der Waals surface area (Å²) in [6.07, 6.45) is 0. The third-order valence-corrected chi connectivity index (χ3v) is 2.64. The van der Waals surface area contributed by atoms with Crippen molar-refractivity contribution in [3.63, 3.8) is 0 Å². The number of hydrogen-bond donors (Lipinski definition) is 2. The summed E-state index contributed by atoms with van der Waals surface area (Å²) < 4.78 is 0. The molecular weight excluding hydrogens is 202 g/mol. The molecule has 0 bridgehead atoms. The van der Waals surface area contributed by atoms with Gasteiger partial charge in [0.15, 0.2) is 0 Å². The first-order chi connectivity index (χ1) is 6.97. The van der Waals surface area contributed by atoms with Crippen LogP contribution in [0.5, 0.6) is 5.75 Å². The number of benzene rings is 1. The van der Waals surface area contributed by atoms with Crippen molar-refractivity contribution in [3.05, 3.63) is 24.3 Å². The van der Waals surface area contributed by atoms with Crippen LogP contribution in [0.3, 0.4) is 0 Å². The van der Waals surface area contributed by atoms with E-state index >= 15 is 0 Å². The van der Waals surface area contributed by atoms with E-state index in [-0.39, 0.29) is 5.75 Å².